The van der Waals surface area contributed by atoms with Gasteiger partial charge in [-0.25, -0.2) is 4.39 Å². The Morgan fingerprint density at radius 2 is 1.96 bits per heavy atom. The fraction of sp³-hybridized carbons (Fsp3) is 0.381. The summed E-state index contributed by atoms with van der Waals surface area (Å²) in [5.74, 6) is -0.225. The molecule has 0 aromatic heterocycles. The lowest BCUT2D eigenvalue weighted by atomic mass is 9.92. The van der Waals surface area contributed by atoms with E-state index in [1.165, 1.54) is 6.07 Å². The highest BCUT2D eigenvalue weighted by Gasteiger charge is 2.19. The summed E-state index contributed by atoms with van der Waals surface area (Å²) in [6.07, 6.45) is 1.24. The molecule has 3 rings (SSSR count). The molecule has 0 atom stereocenters. The average Bonchev–Trinajstić information content (AvgIpc) is 2.54. The number of hydrogen-bond acceptors (Lipinski definition) is 2. The normalized spacial score (nSPS) is 14.1. The van der Waals surface area contributed by atoms with Gasteiger partial charge in [0.1, 0.15) is 5.82 Å². The van der Waals surface area contributed by atoms with Gasteiger partial charge in [-0.15, -0.1) is 0 Å². The van der Waals surface area contributed by atoms with Crippen molar-refractivity contribution in [2.45, 2.75) is 40.2 Å². The second-order valence-electron chi connectivity index (χ2n) is 8.03. The lowest BCUT2D eigenvalue weighted by Crippen LogP contribution is -2.30. The van der Waals surface area contributed by atoms with E-state index >= 15 is 0 Å². The molecule has 3 nitrogen and oxygen atoms in total. The number of benzene rings is 2. The fourth-order valence-corrected chi connectivity index (χ4v) is 3.44. The third kappa shape index (κ3) is 4.55. The first-order valence-electron chi connectivity index (χ1n) is 8.83. The molecule has 2 aromatic rings. The second-order valence-corrected chi connectivity index (χ2v) is 8.44. The number of hydrogen-bond donors (Lipinski definition) is 1. The molecule has 1 N–H and O–H groups in total. The third-order valence-electron chi connectivity index (χ3n) is 4.46. The molecule has 0 bridgehead atoms. The number of halogens is 2. The molecule has 0 fully saturated rings. The molecule has 0 saturated heterocycles. The number of nitrogens with one attached hydrogen (secondary N) is 1. The first-order valence-corrected chi connectivity index (χ1v) is 9.21. The number of nitrogens with zero attached hydrogens (tertiary/aromatic N) is 1. The largest absolute Gasteiger partial charge is 0.367 e. The number of carbonyl (C=O) groups excluding carboxylic acids is 1. The molecule has 1 aliphatic rings. The molecule has 1 aliphatic heterocycles. The highest BCUT2D eigenvalue weighted by atomic mass is 35.5. The Morgan fingerprint density at radius 1 is 1.19 bits per heavy atom. The van der Waals surface area contributed by atoms with Crippen LogP contribution in [0, 0.1) is 11.2 Å². The molecule has 0 radical (unpaired) electrons. The highest BCUT2D eigenvalue weighted by Crippen LogP contribution is 2.31. The van der Waals surface area contributed by atoms with Gasteiger partial charge in [-0.1, -0.05) is 38.4 Å². The van der Waals surface area contributed by atoms with Crippen LogP contribution in [0.5, 0.6) is 0 Å². The van der Waals surface area contributed by atoms with Gasteiger partial charge in [0.15, 0.2) is 0 Å². The lowest BCUT2D eigenvalue weighted by molar-refractivity contribution is -0.117. The van der Waals surface area contributed by atoms with Crippen molar-refractivity contribution >= 4 is 28.9 Å². The number of fused-ring (bicyclic) bond motifs is 1. The maximum Gasteiger partial charge on any atom is 0.224 e. The van der Waals surface area contributed by atoms with E-state index in [9.17, 15) is 9.18 Å². The highest BCUT2D eigenvalue weighted by molar-refractivity contribution is 6.34. The molecule has 1 amide bonds. The summed E-state index contributed by atoms with van der Waals surface area (Å²) in [5.41, 5.74) is 3.76. The Morgan fingerprint density at radius 3 is 2.65 bits per heavy atom. The monoisotopic (exact) mass is 374 g/mol. The number of carbonyl (C=O) groups is 1. The van der Waals surface area contributed by atoms with Crippen molar-refractivity contribution in [2.75, 3.05) is 16.8 Å². The van der Waals surface area contributed by atoms with Gasteiger partial charge >= 0.3 is 0 Å². The van der Waals surface area contributed by atoms with Gasteiger partial charge in [0, 0.05) is 25.2 Å². The van der Waals surface area contributed by atoms with Gasteiger partial charge in [0.2, 0.25) is 5.91 Å². The lowest BCUT2D eigenvalue weighted by Gasteiger charge is -2.31. The van der Waals surface area contributed by atoms with E-state index in [0.29, 0.717) is 17.1 Å². The van der Waals surface area contributed by atoms with Gasteiger partial charge in [-0.05, 0) is 53.3 Å². The quantitative estimate of drug-likeness (QED) is 0.778. The Kier molecular flexibility index (Phi) is 5.24. The molecule has 0 spiro atoms. The minimum Gasteiger partial charge on any atom is -0.367 e. The SMILES string of the molecule is CC(C)(C)CC(=O)Nc1ccc(N2CCc3cc(F)ccc3C2)cc1Cl. The van der Waals surface area contributed by atoms with Gasteiger partial charge < -0.3 is 10.2 Å². The van der Waals surface area contributed by atoms with Gasteiger partial charge in [0.25, 0.3) is 0 Å². The molecule has 26 heavy (non-hydrogen) atoms. The minimum atomic E-state index is -0.185. The zero-order valence-electron chi connectivity index (χ0n) is 15.4. The van der Waals surface area contributed by atoms with Crippen LogP contribution in [0.25, 0.3) is 0 Å². The minimum absolute atomic E-state index is 0.0407. The molecule has 0 aliphatic carbocycles. The van der Waals surface area contributed by atoms with Crippen LogP contribution in [-0.4, -0.2) is 12.5 Å². The fourth-order valence-electron chi connectivity index (χ4n) is 3.22. The van der Waals surface area contributed by atoms with Crippen molar-refractivity contribution in [1.82, 2.24) is 0 Å². The number of anilines is 2. The summed E-state index contributed by atoms with van der Waals surface area (Å²) >= 11 is 6.39. The zero-order chi connectivity index (χ0) is 18.9. The summed E-state index contributed by atoms with van der Waals surface area (Å²) < 4.78 is 13.4. The van der Waals surface area contributed by atoms with E-state index in [1.807, 2.05) is 45.0 Å². The molecule has 0 saturated carbocycles. The maximum absolute atomic E-state index is 13.4. The van der Waals surface area contributed by atoms with E-state index in [2.05, 4.69) is 10.2 Å². The number of rotatable bonds is 3. The Labute approximate surface area is 159 Å². The maximum atomic E-state index is 13.4. The van der Waals surface area contributed by atoms with Crippen molar-refractivity contribution < 1.29 is 9.18 Å². The van der Waals surface area contributed by atoms with Crippen molar-refractivity contribution in [3.63, 3.8) is 0 Å². The van der Waals surface area contributed by atoms with Crippen LogP contribution < -0.4 is 10.2 Å². The zero-order valence-corrected chi connectivity index (χ0v) is 16.2. The van der Waals surface area contributed by atoms with Gasteiger partial charge in [-0.2, -0.15) is 0 Å². The van der Waals surface area contributed by atoms with E-state index in [1.54, 1.807) is 6.07 Å². The first kappa shape index (κ1) is 18.7. The molecule has 5 heteroatoms. The summed E-state index contributed by atoms with van der Waals surface area (Å²) in [5, 5.41) is 3.41. The van der Waals surface area contributed by atoms with E-state index in [-0.39, 0.29) is 17.1 Å². The van der Waals surface area contributed by atoms with Crippen molar-refractivity contribution in [3.05, 3.63) is 58.4 Å². The molecular formula is C21H24ClFN2O. The topological polar surface area (TPSA) is 32.3 Å². The molecule has 138 valence electrons. The van der Waals surface area contributed by atoms with Crippen LogP contribution in [0.15, 0.2) is 36.4 Å². The summed E-state index contributed by atoms with van der Waals surface area (Å²) in [6.45, 7) is 7.61. The molecule has 2 aromatic carbocycles. The first-order chi connectivity index (χ1) is 12.2. The average molecular weight is 375 g/mol. The smallest absolute Gasteiger partial charge is 0.224 e. The molecule has 0 unspecified atom stereocenters. The third-order valence-corrected chi connectivity index (χ3v) is 4.78. The predicted molar refractivity (Wildman–Crippen MR) is 105 cm³/mol. The standard InChI is InChI=1S/C21H24ClFN2O/c1-21(2,3)12-20(26)24-19-7-6-17(11-18(19)22)25-9-8-14-10-16(23)5-4-15(14)13-25/h4-7,10-11H,8-9,12-13H2,1-3H3,(H,24,26). The Hall–Kier alpha value is -2.07. The summed E-state index contributed by atoms with van der Waals surface area (Å²) in [4.78, 5) is 14.3. The summed E-state index contributed by atoms with van der Waals surface area (Å²) in [6, 6.07) is 10.7. The second kappa shape index (κ2) is 7.28. The predicted octanol–water partition coefficient (Wildman–Crippen LogP) is 5.42. The number of amides is 1. The van der Waals surface area contributed by atoms with Crippen LogP contribution in [0.4, 0.5) is 15.8 Å². The van der Waals surface area contributed by atoms with Crippen LogP contribution in [-0.2, 0) is 17.8 Å². The Bertz CT molecular complexity index is 829. The van der Waals surface area contributed by atoms with E-state index < -0.39 is 0 Å². The Balaban J connectivity index is 1.72. The van der Waals surface area contributed by atoms with Gasteiger partial charge in [0.05, 0.1) is 10.7 Å². The van der Waals surface area contributed by atoms with E-state index in [0.717, 1.165) is 36.3 Å². The van der Waals surface area contributed by atoms with E-state index in [4.69, 9.17) is 11.6 Å². The summed E-state index contributed by atoms with van der Waals surface area (Å²) in [7, 11) is 0. The van der Waals surface area contributed by atoms with Crippen molar-refractivity contribution in [2.24, 2.45) is 5.41 Å². The van der Waals surface area contributed by atoms with Crippen LogP contribution >= 0.6 is 11.6 Å². The van der Waals surface area contributed by atoms with Crippen LogP contribution in [0.1, 0.15) is 38.3 Å². The molecule has 1 heterocycles. The molecular weight excluding hydrogens is 351 g/mol. The van der Waals surface area contributed by atoms with Crippen LogP contribution in [0.2, 0.25) is 5.02 Å². The van der Waals surface area contributed by atoms with Gasteiger partial charge in [-0.3, -0.25) is 4.79 Å². The van der Waals surface area contributed by atoms with Crippen LogP contribution in [0.3, 0.4) is 0 Å². The van der Waals surface area contributed by atoms with Crippen molar-refractivity contribution in [3.8, 4) is 0 Å². The van der Waals surface area contributed by atoms with Crippen molar-refractivity contribution in [1.29, 1.82) is 0 Å².